The van der Waals surface area contributed by atoms with Gasteiger partial charge in [-0.15, -0.1) is 0 Å². The van der Waals surface area contributed by atoms with Gasteiger partial charge in [0, 0.05) is 17.8 Å². The highest BCUT2D eigenvalue weighted by atomic mass is 16.5. The number of aliphatic hydroxyl groups is 1. The largest absolute Gasteiger partial charge is 0.469 e. The standard InChI is InChI=1S/C28H40O4/c1-3-4-8-15-23(29)18-19-24-25(16-11-5-6-12-17-27(30)31-2)28(20-26(24)32-21-28)22-13-9-7-10-14-22/h5,7,9-11,13-14,18-19,23-26,29H,3-4,6,8,12,15-17,20-21H2,1-2H3/t23-,24-,25-,26-,28+/m0/s1. The molecule has 2 bridgehead atoms. The lowest BCUT2D eigenvalue weighted by molar-refractivity contribution is -0.140. The van der Waals surface area contributed by atoms with E-state index in [0.29, 0.717) is 18.3 Å². The molecule has 176 valence electrons. The summed E-state index contributed by atoms with van der Waals surface area (Å²) in [6.45, 7) is 2.96. The number of hydrogen-bond acceptors (Lipinski definition) is 4. The molecule has 4 heteroatoms. The minimum atomic E-state index is -0.372. The lowest BCUT2D eigenvalue weighted by Gasteiger charge is -2.38. The minimum Gasteiger partial charge on any atom is -0.469 e. The summed E-state index contributed by atoms with van der Waals surface area (Å²) in [5.41, 5.74) is 1.40. The molecule has 0 amide bonds. The molecule has 0 unspecified atom stereocenters. The van der Waals surface area contributed by atoms with Crippen molar-refractivity contribution in [3.8, 4) is 0 Å². The van der Waals surface area contributed by atoms with Gasteiger partial charge in [0.05, 0.1) is 25.9 Å². The fraction of sp³-hybridized carbons (Fsp3) is 0.607. The molecule has 1 aliphatic heterocycles. The molecule has 3 rings (SSSR count). The summed E-state index contributed by atoms with van der Waals surface area (Å²) in [6, 6.07) is 10.8. The fourth-order valence-corrected chi connectivity index (χ4v) is 5.48. The van der Waals surface area contributed by atoms with Crippen LogP contribution in [0.4, 0.5) is 0 Å². The van der Waals surface area contributed by atoms with Gasteiger partial charge in [-0.25, -0.2) is 0 Å². The lowest BCUT2D eigenvalue weighted by Crippen LogP contribution is -2.39. The van der Waals surface area contributed by atoms with Crippen LogP contribution in [0.25, 0.3) is 0 Å². The molecule has 2 aliphatic rings. The molecule has 1 aromatic rings. The van der Waals surface area contributed by atoms with E-state index in [4.69, 9.17) is 9.47 Å². The van der Waals surface area contributed by atoms with Crippen molar-refractivity contribution in [3.05, 3.63) is 60.2 Å². The Morgan fingerprint density at radius 3 is 2.81 bits per heavy atom. The van der Waals surface area contributed by atoms with E-state index in [0.717, 1.165) is 45.1 Å². The van der Waals surface area contributed by atoms with Gasteiger partial charge in [0.25, 0.3) is 0 Å². The molecule has 0 aromatic heterocycles. The van der Waals surface area contributed by atoms with Crippen molar-refractivity contribution >= 4 is 5.97 Å². The van der Waals surface area contributed by atoms with Gasteiger partial charge in [-0.3, -0.25) is 4.79 Å². The Balaban J connectivity index is 1.69. The Kier molecular flexibility index (Phi) is 9.55. The maximum atomic E-state index is 11.3. The van der Waals surface area contributed by atoms with E-state index >= 15 is 0 Å². The average Bonchev–Trinajstić information content (AvgIpc) is 3.38. The zero-order valence-electron chi connectivity index (χ0n) is 19.7. The van der Waals surface area contributed by atoms with Crippen LogP contribution in [-0.2, 0) is 19.7 Å². The third-order valence-corrected chi connectivity index (χ3v) is 7.27. The van der Waals surface area contributed by atoms with Crippen molar-refractivity contribution in [2.75, 3.05) is 13.7 Å². The summed E-state index contributed by atoms with van der Waals surface area (Å²) in [5, 5.41) is 10.4. The van der Waals surface area contributed by atoms with Gasteiger partial charge in [-0.1, -0.05) is 80.8 Å². The molecule has 1 N–H and O–H groups in total. The van der Waals surface area contributed by atoms with Crippen molar-refractivity contribution in [2.45, 2.75) is 82.3 Å². The smallest absolute Gasteiger partial charge is 0.305 e. The van der Waals surface area contributed by atoms with Crippen LogP contribution in [0, 0.1) is 11.8 Å². The summed E-state index contributed by atoms with van der Waals surface area (Å²) >= 11 is 0. The Labute approximate surface area is 193 Å². The number of carbonyl (C=O) groups is 1. The number of ether oxygens (including phenoxy) is 2. The number of benzene rings is 1. The van der Waals surface area contributed by atoms with Crippen LogP contribution in [0.2, 0.25) is 0 Å². The third kappa shape index (κ3) is 6.11. The highest BCUT2D eigenvalue weighted by Gasteiger charge is 2.58. The molecule has 2 fully saturated rings. The second-order valence-corrected chi connectivity index (χ2v) is 9.38. The topological polar surface area (TPSA) is 55.8 Å². The van der Waals surface area contributed by atoms with E-state index in [1.54, 1.807) is 0 Å². The molecule has 1 saturated heterocycles. The van der Waals surface area contributed by atoms with E-state index in [2.05, 4.69) is 55.5 Å². The van der Waals surface area contributed by atoms with Gasteiger partial charge in [-0.05, 0) is 43.6 Å². The number of unbranched alkanes of at least 4 members (excludes halogenated alkanes) is 3. The van der Waals surface area contributed by atoms with E-state index in [-0.39, 0.29) is 23.6 Å². The Bertz CT molecular complexity index is 756. The van der Waals surface area contributed by atoms with E-state index in [1.165, 1.54) is 25.5 Å². The first-order chi connectivity index (χ1) is 15.6. The van der Waals surface area contributed by atoms with Crippen LogP contribution in [0.3, 0.4) is 0 Å². The molecule has 1 saturated carbocycles. The summed E-state index contributed by atoms with van der Waals surface area (Å²) in [7, 11) is 1.44. The Morgan fingerprint density at radius 2 is 2.06 bits per heavy atom. The molecule has 0 spiro atoms. The highest BCUT2D eigenvalue weighted by molar-refractivity contribution is 5.69. The van der Waals surface area contributed by atoms with Crippen molar-refractivity contribution in [1.82, 2.24) is 0 Å². The number of esters is 1. The fourth-order valence-electron chi connectivity index (χ4n) is 5.48. The summed E-state index contributed by atoms with van der Waals surface area (Å²) in [6.07, 6.45) is 17.0. The van der Waals surface area contributed by atoms with Crippen LogP contribution in [0.5, 0.6) is 0 Å². The normalized spacial score (nSPS) is 28.0. The van der Waals surface area contributed by atoms with Crippen LogP contribution >= 0.6 is 0 Å². The van der Waals surface area contributed by atoms with Gasteiger partial charge in [-0.2, -0.15) is 0 Å². The maximum absolute atomic E-state index is 11.3. The number of rotatable bonds is 13. The molecule has 5 atom stereocenters. The van der Waals surface area contributed by atoms with Gasteiger partial charge in [0.1, 0.15) is 0 Å². The number of allylic oxidation sites excluding steroid dienone is 2. The first-order valence-corrected chi connectivity index (χ1v) is 12.4. The van der Waals surface area contributed by atoms with Crippen molar-refractivity contribution < 1.29 is 19.4 Å². The molecular formula is C28H40O4. The van der Waals surface area contributed by atoms with Crippen LogP contribution in [0.1, 0.15) is 70.3 Å². The maximum Gasteiger partial charge on any atom is 0.305 e. The first-order valence-electron chi connectivity index (χ1n) is 12.4. The molecular weight excluding hydrogens is 400 g/mol. The zero-order valence-corrected chi connectivity index (χ0v) is 19.7. The summed E-state index contributed by atoms with van der Waals surface area (Å²) < 4.78 is 11.0. The van der Waals surface area contributed by atoms with E-state index in [9.17, 15) is 9.90 Å². The molecule has 1 aromatic carbocycles. The number of fused-ring (bicyclic) bond motifs is 2. The third-order valence-electron chi connectivity index (χ3n) is 7.27. The second-order valence-electron chi connectivity index (χ2n) is 9.38. The molecule has 1 heterocycles. The quantitative estimate of drug-likeness (QED) is 0.241. The van der Waals surface area contributed by atoms with Crippen LogP contribution in [-0.4, -0.2) is 37.0 Å². The lowest BCUT2D eigenvalue weighted by atomic mass is 9.69. The number of aliphatic hydroxyl groups excluding tert-OH is 1. The summed E-state index contributed by atoms with van der Waals surface area (Å²) in [5.74, 6) is 0.610. The molecule has 0 radical (unpaired) electrons. The monoisotopic (exact) mass is 440 g/mol. The van der Waals surface area contributed by atoms with Crippen molar-refractivity contribution in [2.24, 2.45) is 11.8 Å². The van der Waals surface area contributed by atoms with Gasteiger partial charge >= 0.3 is 5.97 Å². The van der Waals surface area contributed by atoms with Gasteiger partial charge in [0.15, 0.2) is 0 Å². The molecule has 1 aliphatic carbocycles. The van der Waals surface area contributed by atoms with Gasteiger partial charge < -0.3 is 14.6 Å². The predicted molar refractivity (Wildman–Crippen MR) is 128 cm³/mol. The molecule has 32 heavy (non-hydrogen) atoms. The number of carbonyl (C=O) groups excluding carboxylic acids is 1. The SMILES string of the molecule is CCCCC[C@H](O)C=C[C@@H]1[C@@H]2C[C@](c3ccccc3)(CO2)[C@H]1CC=CCCCC(=O)OC. The zero-order chi connectivity index (χ0) is 22.8. The first kappa shape index (κ1) is 24.7. The average molecular weight is 441 g/mol. The Hall–Kier alpha value is -1.91. The van der Waals surface area contributed by atoms with Crippen LogP contribution in [0.15, 0.2) is 54.6 Å². The summed E-state index contributed by atoms with van der Waals surface area (Å²) in [4.78, 5) is 11.3. The minimum absolute atomic E-state index is 0.0322. The van der Waals surface area contributed by atoms with Crippen molar-refractivity contribution in [3.63, 3.8) is 0 Å². The van der Waals surface area contributed by atoms with Gasteiger partial charge in [0.2, 0.25) is 0 Å². The highest BCUT2D eigenvalue weighted by Crippen LogP contribution is 2.57. The molecule has 4 nitrogen and oxygen atoms in total. The number of hydrogen-bond donors (Lipinski definition) is 1. The van der Waals surface area contributed by atoms with Crippen LogP contribution < -0.4 is 0 Å². The second kappa shape index (κ2) is 12.4. The van der Waals surface area contributed by atoms with E-state index in [1.807, 2.05) is 6.08 Å². The number of methoxy groups -OCH3 is 1. The Morgan fingerprint density at radius 1 is 1.25 bits per heavy atom. The van der Waals surface area contributed by atoms with E-state index < -0.39 is 0 Å². The predicted octanol–water partition coefficient (Wildman–Crippen LogP) is 5.75. The van der Waals surface area contributed by atoms with Crippen molar-refractivity contribution in [1.29, 1.82) is 0 Å².